The molecule has 2 aromatic rings. The summed E-state index contributed by atoms with van der Waals surface area (Å²) in [5.41, 5.74) is 8.06. The summed E-state index contributed by atoms with van der Waals surface area (Å²) in [6, 6.07) is 4.15. The fourth-order valence-corrected chi connectivity index (χ4v) is 4.52. The Labute approximate surface area is 127 Å². The van der Waals surface area contributed by atoms with Crippen molar-refractivity contribution in [1.82, 2.24) is 0 Å². The fourth-order valence-electron chi connectivity index (χ4n) is 2.44. The summed E-state index contributed by atoms with van der Waals surface area (Å²) in [6.07, 6.45) is 1.08. The van der Waals surface area contributed by atoms with Gasteiger partial charge in [0.25, 0.3) is 0 Å². The number of hydrogen-bond donors (Lipinski definition) is 1. The topological polar surface area (TPSA) is 46.3 Å². The molecular formula is C15H18N2OS2. The third kappa shape index (κ3) is 2.36. The molecule has 3 nitrogen and oxygen atoms in total. The van der Waals surface area contributed by atoms with Crippen LogP contribution in [0.1, 0.15) is 34.0 Å². The molecule has 0 aliphatic carbocycles. The van der Waals surface area contributed by atoms with Crippen LogP contribution in [0.25, 0.3) is 0 Å². The van der Waals surface area contributed by atoms with Gasteiger partial charge in [-0.15, -0.1) is 22.7 Å². The average Bonchev–Trinajstić information content (AvgIpc) is 3.02. The van der Waals surface area contributed by atoms with Crippen molar-refractivity contribution in [2.24, 2.45) is 5.92 Å². The lowest BCUT2D eigenvalue weighted by Crippen LogP contribution is -2.28. The fraction of sp³-hybridized carbons (Fsp3) is 0.400. The lowest BCUT2D eigenvalue weighted by atomic mass is 10.1. The largest absolute Gasteiger partial charge is 0.397 e. The van der Waals surface area contributed by atoms with Gasteiger partial charge in [0.1, 0.15) is 0 Å². The highest BCUT2D eigenvalue weighted by molar-refractivity contribution is 7.18. The SMILES string of the molecule is CC(C)C(=O)c1sc(N2CCc3sccc3C2)cc1N. The van der Waals surface area contributed by atoms with Crippen molar-refractivity contribution in [3.8, 4) is 0 Å². The van der Waals surface area contributed by atoms with Crippen molar-refractivity contribution >= 4 is 39.1 Å². The van der Waals surface area contributed by atoms with Crippen LogP contribution < -0.4 is 10.6 Å². The molecule has 0 spiro atoms. The summed E-state index contributed by atoms with van der Waals surface area (Å²) in [7, 11) is 0. The number of anilines is 2. The minimum absolute atomic E-state index is 0.00590. The Balaban J connectivity index is 1.86. The van der Waals surface area contributed by atoms with Crippen molar-refractivity contribution < 1.29 is 4.79 Å². The Bertz CT molecular complexity index is 642. The molecule has 3 rings (SSSR count). The van der Waals surface area contributed by atoms with Crippen LogP contribution in [0, 0.1) is 5.92 Å². The molecule has 0 bridgehead atoms. The number of nitrogens with zero attached hydrogens (tertiary/aromatic N) is 1. The Morgan fingerprint density at radius 3 is 3.00 bits per heavy atom. The van der Waals surface area contributed by atoms with Crippen LogP contribution in [0.3, 0.4) is 0 Å². The van der Waals surface area contributed by atoms with Crippen LogP contribution in [-0.2, 0) is 13.0 Å². The predicted octanol–water partition coefficient (Wildman–Crippen LogP) is 3.79. The highest BCUT2D eigenvalue weighted by Gasteiger charge is 2.22. The van der Waals surface area contributed by atoms with Gasteiger partial charge < -0.3 is 10.6 Å². The quantitative estimate of drug-likeness (QED) is 0.878. The number of ketones is 1. The third-order valence-corrected chi connectivity index (χ3v) is 5.86. The summed E-state index contributed by atoms with van der Waals surface area (Å²) in [5.74, 6) is 0.139. The van der Waals surface area contributed by atoms with Crippen LogP contribution in [-0.4, -0.2) is 12.3 Å². The lowest BCUT2D eigenvalue weighted by Gasteiger charge is -2.27. The van der Waals surface area contributed by atoms with Gasteiger partial charge in [0.2, 0.25) is 0 Å². The van der Waals surface area contributed by atoms with E-state index in [9.17, 15) is 4.79 Å². The van der Waals surface area contributed by atoms with Crippen LogP contribution in [0.4, 0.5) is 10.7 Å². The van der Waals surface area contributed by atoms with Gasteiger partial charge in [0, 0.05) is 23.9 Å². The first-order chi connectivity index (χ1) is 9.56. The summed E-state index contributed by atoms with van der Waals surface area (Å²) >= 11 is 3.37. The Morgan fingerprint density at radius 1 is 1.45 bits per heavy atom. The van der Waals surface area contributed by atoms with Gasteiger partial charge in [-0.05, 0) is 29.5 Å². The number of fused-ring (bicyclic) bond motifs is 1. The minimum atomic E-state index is -0.00590. The number of hydrogen-bond acceptors (Lipinski definition) is 5. The van der Waals surface area contributed by atoms with Crippen molar-refractivity contribution in [3.05, 3.63) is 32.8 Å². The third-order valence-electron chi connectivity index (χ3n) is 3.62. The van der Waals surface area contributed by atoms with Crippen molar-refractivity contribution in [1.29, 1.82) is 0 Å². The van der Waals surface area contributed by atoms with E-state index in [0.717, 1.165) is 24.5 Å². The normalized spacial score (nSPS) is 14.7. The second kappa shape index (κ2) is 5.22. The first-order valence-electron chi connectivity index (χ1n) is 6.80. The lowest BCUT2D eigenvalue weighted by molar-refractivity contribution is 0.0944. The van der Waals surface area contributed by atoms with Crippen LogP contribution in [0.15, 0.2) is 17.5 Å². The van der Waals surface area contributed by atoms with Gasteiger partial charge in [-0.25, -0.2) is 0 Å². The molecule has 1 aliphatic heterocycles. The molecule has 1 aliphatic rings. The summed E-state index contributed by atoms with van der Waals surface area (Å²) in [4.78, 5) is 16.7. The van der Waals surface area contributed by atoms with Gasteiger partial charge in [0.05, 0.1) is 15.6 Å². The Morgan fingerprint density at radius 2 is 2.25 bits per heavy atom. The number of carbonyl (C=O) groups excluding carboxylic acids is 1. The van der Waals surface area contributed by atoms with Gasteiger partial charge in [-0.1, -0.05) is 13.8 Å². The molecule has 0 unspecified atom stereocenters. The zero-order valence-electron chi connectivity index (χ0n) is 11.7. The zero-order valence-corrected chi connectivity index (χ0v) is 13.3. The zero-order chi connectivity index (χ0) is 14.3. The molecule has 2 N–H and O–H groups in total. The number of carbonyl (C=O) groups is 1. The van der Waals surface area contributed by atoms with E-state index in [2.05, 4.69) is 16.3 Å². The van der Waals surface area contributed by atoms with E-state index < -0.39 is 0 Å². The highest BCUT2D eigenvalue weighted by atomic mass is 32.1. The summed E-state index contributed by atoms with van der Waals surface area (Å²) in [5, 5.41) is 3.27. The molecule has 0 amide bonds. The van der Waals surface area contributed by atoms with E-state index in [1.807, 2.05) is 31.3 Å². The highest BCUT2D eigenvalue weighted by Crippen LogP contribution is 2.36. The average molecular weight is 306 g/mol. The van der Waals surface area contributed by atoms with E-state index >= 15 is 0 Å². The maximum atomic E-state index is 12.1. The van der Waals surface area contributed by atoms with Gasteiger partial charge in [-0.2, -0.15) is 0 Å². The molecular weight excluding hydrogens is 288 g/mol. The number of Topliss-reactive ketones (excluding diaryl/α,β-unsaturated/α-hetero) is 1. The predicted molar refractivity (Wildman–Crippen MR) is 87.0 cm³/mol. The van der Waals surface area contributed by atoms with E-state index in [1.54, 1.807) is 0 Å². The van der Waals surface area contributed by atoms with E-state index in [1.165, 1.54) is 21.8 Å². The minimum Gasteiger partial charge on any atom is -0.397 e. The number of nitrogens with two attached hydrogens (primary N) is 1. The number of nitrogen functional groups attached to an aromatic ring is 1. The standard InChI is InChI=1S/C15H18N2OS2/c1-9(2)14(18)15-11(16)7-13(20-15)17-5-3-12-10(8-17)4-6-19-12/h4,6-7,9H,3,5,8,16H2,1-2H3. The maximum absolute atomic E-state index is 12.1. The number of thiophene rings is 2. The number of rotatable bonds is 3. The Kier molecular flexibility index (Phi) is 3.56. The van der Waals surface area contributed by atoms with E-state index in [-0.39, 0.29) is 11.7 Å². The molecule has 0 saturated carbocycles. The van der Waals surface area contributed by atoms with Gasteiger partial charge >= 0.3 is 0 Å². The molecule has 106 valence electrons. The van der Waals surface area contributed by atoms with Crippen LogP contribution in [0.5, 0.6) is 0 Å². The molecule has 0 atom stereocenters. The second-order valence-electron chi connectivity index (χ2n) is 5.43. The molecule has 0 radical (unpaired) electrons. The smallest absolute Gasteiger partial charge is 0.177 e. The molecule has 0 saturated heterocycles. The molecule has 20 heavy (non-hydrogen) atoms. The van der Waals surface area contributed by atoms with Crippen LogP contribution >= 0.6 is 22.7 Å². The molecule has 2 aromatic heterocycles. The van der Waals surface area contributed by atoms with E-state index in [0.29, 0.717) is 10.6 Å². The summed E-state index contributed by atoms with van der Waals surface area (Å²) in [6.45, 7) is 5.76. The van der Waals surface area contributed by atoms with Gasteiger partial charge in [-0.3, -0.25) is 4.79 Å². The van der Waals surface area contributed by atoms with Crippen molar-refractivity contribution in [3.63, 3.8) is 0 Å². The monoisotopic (exact) mass is 306 g/mol. The Hall–Kier alpha value is -1.33. The molecule has 5 heteroatoms. The molecule has 0 fully saturated rings. The van der Waals surface area contributed by atoms with Crippen molar-refractivity contribution in [2.45, 2.75) is 26.8 Å². The second-order valence-corrected chi connectivity index (χ2v) is 7.46. The van der Waals surface area contributed by atoms with Gasteiger partial charge in [0.15, 0.2) is 5.78 Å². The van der Waals surface area contributed by atoms with E-state index in [4.69, 9.17) is 5.73 Å². The molecule has 0 aromatic carbocycles. The first-order valence-corrected chi connectivity index (χ1v) is 8.49. The molecule has 3 heterocycles. The first kappa shape index (κ1) is 13.6. The maximum Gasteiger partial charge on any atom is 0.177 e. The summed E-state index contributed by atoms with van der Waals surface area (Å²) < 4.78 is 0. The van der Waals surface area contributed by atoms with Crippen LogP contribution in [0.2, 0.25) is 0 Å². The van der Waals surface area contributed by atoms with Crippen molar-refractivity contribution in [2.75, 3.05) is 17.2 Å².